The van der Waals surface area contributed by atoms with E-state index in [9.17, 15) is 14.4 Å². The van der Waals surface area contributed by atoms with Gasteiger partial charge in [0.2, 0.25) is 0 Å². The summed E-state index contributed by atoms with van der Waals surface area (Å²) in [6.45, 7) is 1.82. The fraction of sp³-hybridized carbons (Fsp3) is 0.200. The summed E-state index contributed by atoms with van der Waals surface area (Å²) in [7, 11) is 1.90. The number of H-pyrrole nitrogens is 1. The molecule has 0 spiro atoms. The molecule has 0 bridgehead atoms. The first-order chi connectivity index (χ1) is 16.0. The molecule has 2 N–H and O–H groups in total. The fourth-order valence-corrected chi connectivity index (χ4v) is 4.21. The zero-order chi connectivity index (χ0) is 22.9. The number of benzene rings is 3. The second kappa shape index (κ2) is 8.48. The highest BCUT2D eigenvalue weighted by Gasteiger charge is 2.32. The first kappa shape index (κ1) is 20.8. The molecule has 0 fully saturated rings. The second-order valence-electron chi connectivity index (χ2n) is 8.16. The second-order valence-corrected chi connectivity index (χ2v) is 8.16. The summed E-state index contributed by atoms with van der Waals surface area (Å²) in [6, 6.07) is 16.4. The molecular weight excluding hydrogens is 418 g/mol. The average molecular weight is 441 g/mol. The van der Waals surface area contributed by atoms with Crippen LogP contribution < -0.4 is 5.32 Å². The molecule has 166 valence electrons. The Bertz CT molecular complexity index is 1340. The Morgan fingerprint density at radius 1 is 1.03 bits per heavy atom. The van der Waals surface area contributed by atoms with Gasteiger partial charge in [0.25, 0.3) is 17.7 Å². The minimum atomic E-state index is -0.264. The molecule has 0 atom stereocenters. The first-order valence-electron chi connectivity index (χ1n) is 10.8. The summed E-state index contributed by atoms with van der Waals surface area (Å²) in [6.07, 6.45) is 1.60. The number of carbonyl (C=O) groups excluding carboxylic acids is 3. The maximum atomic E-state index is 13.0. The predicted octanol–water partition coefficient (Wildman–Crippen LogP) is 2.67. The lowest BCUT2D eigenvalue weighted by atomic mass is 9.94. The quantitative estimate of drug-likeness (QED) is 0.430. The van der Waals surface area contributed by atoms with Gasteiger partial charge in [0.15, 0.2) is 0 Å². The van der Waals surface area contributed by atoms with Crippen LogP contribution in [-0.2, 0) is 0 Å². The van der Waals surface area contributed by atoms with E-state index in [1.165, 1.54) is 4.90 Å². The van der Waals surface area contributed by atoms with E-state index in [1.54, 1.807) is 36.7 Å². The molecule has 0 unspecified atom stereocenters. The van der Waals surface area contributed by atoms with E-state index in [0.29, 0.717) is 36.3 Å². The molecule has 0 radical (unpaired) electrons. The molecule has 8 nitrogen and oxygen atoms in total. The Labute approximate surface area is 190 Å². The largest absolute Gasteiger partial charge is 0.351 e. The summed E-state index contributed by atoms with van der Waals surface area (Å²) < 4.78 is 0. The van der Waals surface area contributed by atoms with Gasteiger partial charge in [-0.3, -0.25) is 19.3 Å². The van der Waals surface area contributed by atoms with Gasteiger partial charge in [-0.05, 0) is 42.8 Å². The Kier molecular flexibility index (Phi) is 5.35. The molecule has 5 rings (SSSR count). The number of hydrogen-bond donors (Lipinski definition) is 2. The lowest BCUT2D eigenvalue weighted by Crippen LogP contribution is -2.45. The third-order valence-electron chi connectivity index (χ3n) is 6.02. The zero-order valence-electron chi connectivity index (χ0n) is 18.2. The highest BCUT2D eigenvalue weighted by atomic mass is 16.2. The number of imide groups is 1. The number of imidazole rings is 1. The van der Waals surface area contributed by atoms with E-state index in [-0.39, 0.29) is 24.3 Å². The summed E-state index contributed by atoms with van der Waals surface area (Å²) in [4.78, 5) is 48.8. The van der Waals surface area contributed by atoms with E-state index >= 15 is 0 Å². The van der Waals surface area contributed by atoms with Crippen LogP contribution in [0.15, 0.2) is 60.9 Å². The van der Waals surface area contributed by atoms with Gasteiger partial charge in [0, 0.05) is 48.3 Å². The average Bonchev–Trinajstić information content (AvgIpc) is 3.30. The van der Waals surface area contributed by atoms with Crippen molar-refractivity contribution in [2.75, 3.05) is 33.2 Å². The number of nitrogens with one attached hydrogen (secondary N) is 2. The Morgan fingerprint density at radius 2 is 1.76 bits per heavy atom. The third-order valence-corrected chi connectivity index (χ3v) is 6.02. The Hall–Kier alpha value is -4.04. The van der Waals surface area contributed by atoms with Crippen molar-refractivity contribution >= 4 is 39.5 Å². The van der Waals surface area contributed by atoms with Crippen molar-refractivity contribution < 1.29 is 14.4 Å². The van der Waals surface area contributed by atoms with Crippen LogP contribution >= 0.6 is 0 Å². The number of aromatic nitrogens is 2. The van der Waals surface area contributed by atoms with Crippen LogP contribution in [0.3, 0.4) is 0 Å². The molecule has 1 aromatic heterocycles. The molecule has 3 amide bonds. The molecule has 0 aliphatic carbocycles. The van der Waals surface area contributed by atoms with Crippen LogP contribution in [0.5, 0.6) is 0 Å². The van der Waals surface area contributed by atoms with Gasteiger partial charge in [0.1, 0.15) is 0 Å². The van der Waals surface area contributed by atoms with Crippen molar-refractivity contribution in [2.24, 2.45) is 0 Å². The maximum Gasteiger partial charge on any atom is 0.261 e. The van der Waals surface area contributed by atoms with Crippen molar-refractivity contribution in [3.63, 3.8) is 0 Å². The lowest BCUT2D eigenvalue weighted by molar-refractivity contribution is 0.0598. The number of aromatic amines is 1. The van der Waals surface area contributed by atoms with Crippen LogP contribution in [-0.4, -0.2) is 70.7 Å². The van der Waals surface area contributed by atoms with E-state index in [4.69, 9.17) is 0 Å². The topological polar surface area (TPSA) is 98.4 Å². The number of hydrogen-bond acceptors (Lipinski definition) is 5. The van der Waals surface area contributed by atoms with Gasteiger partial charge in [-0.1, -0.05) is 24.3 Å². The van der Waals surface area contributed by atoms with E-state index < -0.39 is 0 Å². The number of amides is 3. The minimum Gasteiger partial charge on any atom is -0.351 e. The molecule has 33 heavy (non-hydrogen) atoms. The van der Waals surface area contributed by atoms with E-state index in [2.05, 4.69) is 15.3 Å². The van der Waals surface area contributed by atoms with E-state index in [1.807, 2.05) is 36.2 Å². The predicted molar refractivity (Wildman–Crippen MR) is 125 cm³/mol. The molecule has 4 aromatic rings. The fourth-order valence-electron chi connectivity index (χ4n) is 4.21. The summed E-state index contributed by atoms with van der Waals surface area (Å²) in [5.74, 6) is -0.689. The van der Waals surface area contributed by atoms with Crippen LogP contribution in [0.1, 0.15) is 31.1 Å². The van der Waals surface area contributed by atoms with Crippen molar-refractivity contribution in [3.8, 4) is 0 Å². The van der Waals surface area contributed by atoms with Gasteiger partial charge in [0.05, 0.1) is 17.4 Å². The summed E-state index contributed by atoms with van der Waals surface area (Å²) in [5.41, 5.74) is 3.31. The van der Waals surface area contributed by atoms with Crippen LogP contribution in [0.4, 0.5) is 0 Å². The lowest BCUT2D eigenvalue weighted by Gasteiger charge is -2.28. The van der Waals surface area contributed by atoms with Gasteiger partial charge >= 0.3 is 0 Å². The number of nitrogens with zero attached hydrogens (tertiary/aromatic N) is 3. The molecular formula is C25H23N5O3. The number of rotatable bonds is 7. The van der Waals surface area contributed by atoms with Gasteiger partial charge in [-0.2, -0.15) is 0 Å². The molecule has 8 heteroatoms. The molecule has 1 aliphatic rings. The standard InChI is InChI=1S/C25H23N5O3/c1-29(11-10-26-23(31)17-8-9-20-21(14-17)28-15-27-20)12-13-30-24(32)18-6-2-4-16-5-3-7-19(22(16)18)25(30)33/h2-9,14-15H,10-13H2,1H3,(H,26,31)(H,27,28). The van der Waals surface area contributed by atoms with Crippen LogP contribution in [0.25, 0.3) is 21.8 Å². The van der Waals surface area contributed by atoms with Gasteiger partial charge in [-0.25, -0.2) is 4.98 Å². The normalized spacial score (nSPS) is 13.3. The number of fused-ring (bicyclic) bond motifs is 1. The SMILES string of the molecule is CN(CCNC(=O)c1ccc2nc[nH]c2c1)CCN1C(=O)c2cccc3cccc(c23)C1=O. The molecule has 1 aliphatic heterocycles. The van der Waals surface area contributed by atoms with Crippen LogP contribution in [0, 0.1) is 0 Å². The Morgan fingerprint density at radius 3 is 2.48 bits per heavy atom. The smallest absolute Gasteiger partial charge is 0.261 e. The minimum absolute atomic E-state index is 0.161. The maximum absolute atomic E-state index is 13.0. The number of carbonyl (C=O) groups is 3. The zero-order valence-corrected chi connectivity index (χ0v) is 18.2. The van der Waals surface area contributed by atoms with Gasteiger partial charge < -0.3 is 15.2 Å². The highest BCUT2D eigenvalue weighted by molar-refractivity contribution is 6.25. The molecule has 0 saturated carbocycles. The summed E-state index contributed by atoms with van der Waals surface area (Å²) in [5, 5.41) is 4.53. The van der Waals surface area contributed by atoms with Crippen molar-refractivity contribution in [1.29, 1.82) is 0 Å². The molecule has 2 heterocycles. The monoisotopic (exact) mass is 441 g/mol. The van der Waals surface area contributed by atoms with Crippen molar-refractivity contribution in [3.05, 3.63) is 77.6 Å². The first-order valence-corrected chi connectivity index (χ1v) is 10.8. The summed E-state index contributed by atoms with van der Waals surface area (Å²) >= 11 is 0. The van der Waals surface area contributed by atoms with Gasteiger partial charge in [-0.15, -0.1) is 0 Å². The Balaban J connectivity index is 1.16. The van der Waals surface area contributed by atoms with Crippen molar-refractivity contribution in [2.45, 2.75) is 0 Å². The highest BCUT2D eigenvalue weighted by Crippen LogP contribution is 2.29. The molecule has 0 saturated heterocycles. The third kappa shape index (κ3) is 3.85. The van der Waals surface area contributed by atoms with Crippen molar-refractivity contribution in [1.82, 2.24) is 25.1 Å². The molecule has 3 aromatic carbocycles. The van der Waals surface area contributed by atoms with E-state index in [0.717, 1.165) is 21.8 Å². The number of likely N-dealkylation sites (N-methyl/N-ethyl adjacent to an activating group) is 1. The van der Waals surface area contributed by atoms with Crippen LogP contribution in [0.2, 0.25) is 0 Å².